The Hall–Kier alpha value is -4.32. The van der Waals surface area contributed by atoms with Gasteiger partial charge in [0.05, 0.1) is 27.0 Å². The first-order valence-corrected chi connectivity index (χ1v) is 12.7. The Bertz CT molecular complexity index is 1360. The Kier molecular flexibility index (Phi) is 8.70. The molecular formula is C27H33N5O6S. The normalized spacial score (nSPS) is 11.9. The van der Waals surface area contributed by atoms with E-state index in [2.05, 4.69) is 9.69 Å². The summed E-state index contributed by atoms with van der Waals surface area (Å²) in [5, 5.41) is 2.96. The number of primary amides is 1. The van der Waals surface area contributed by atoms with Crippen LogP contribution < -0.4 is 35.9 Å². The average Bonchev–Trinajstić information content (AvgIpc) is 3.27. The highest BCUT2D eigenvalue weighted by Crippen LogP contribution is 2.42. The predicted octanol–water partition coefficient (Wildman–Crippen LogP) is 3.46. The van der Waals surface area contributed by atoms with E-state index < -0.39 is 29.3 Å². The second kappa shape index (κ2) is 11.6. The van der Waals surface area contributed by atoms with E-state index in [9.17, 15) is 14.4 Å². The van der Waals surface area contributed by atoms with Gasteiger partial charge in [-0.3, -0.25) is 19.3 Å². The molecule has 39 heavy (non-hydrogen) atoms. The van der Waals surface area contributed by atoms with Gasteiger partial charge in [0, 0.05) is 11.2 Å². The van der Waals surface area contributed by atoms with Gasteiger partial charge in [-0.05, 0) is 69.1 Å². The lowest BCUT2D eigenvalue weighted by Crippen LogP contribution is -2.49. The molecule has 1 heterocycles. The molecule has 0 fully saturated rings. The lowest BCUT2D eigenvalue weighted by atomic mass is 9.99. The molecule has 0 saturated carbocycles. The summed E-state index contributed by atoms with van der Waals surface area (Å²) in [4.78, 5) is 41.3. The molecule has 5 N–H and O–H groups in total. The van der Waals surface area contributed by atoms with Crippen molar-refractivity contribution in [1.82, 2.24) is 9.69 Å². The number of benzene rings is 2. The molecule has 3 rings (SSSR count). The Morgan fingerprint density at radius 1 is 1.00 bits per heavy atom. The molecule has 0 unspecified atom stereocenters. The van der Waals surface area contributed by atoms with E-state index in [1.165, 1.54) is 26.2 Å². The number of amides is 3. The monoisotopic (exact) mass is 555 g/mol. The molecular weight excluding hydrogens is 522 g/mol. The number of rotatable bonds is 9. The number of nitrogens with zero attached hydrogens (tertiary/aromatic N) is 2. The third kappa shape index (κ3) is 6.23. The van der Waals surface area contributed by atoms with E-state index >= 15 is 0 Å². The molecule has 0 aliphatic heterocycles. The van der Waals surface area contributed by atoms with Gasteiger partial charge in [-0.25, -0.2) is 0 Å². The zero-order valence-corrected chi connectivity index (χ0v) is 23.8. The molecule has 0 aliphatic rings. The van der Waals surface area contributed by atoms with Gasteiger partial charge >= 0.3 is 0 Å². The Morgan fingerprint density at radius 3 is 2.00 bits per heavy atom. The maximum absolute atomic E-state index is 14.2. The van der Waals surface area contributed by atoms with Gasteiger partial charge in [0.25, 0.3) is 11.8 Å². The summed E-state index contributed by atoms with van der Waals surface area (Å²) in [6.45, 7) is 7.39. The molecule has 208 valence electrons. The zero-order chi connectivity index (χ0) is 29.1. The molecule has 0 saturated heterocycles. The fraction of sp³-hybridized carbons (Fsp3) is 0.333. The minimum atomic E-state index is -1.23. The van der Waals surface area contributed by atoms with Crippen LogP contribution in [0.1, 0.15) is 58.1 Å². The Labute approximate surface area is 231 Å². The fourth-order valence-electron chi connectivity index (χ4n) is 3.94. The van der Waals surface area contributed by atoms with Gasteiger partial charge in [0.2, 0.25) is 11.7 Å². The van der Waals surface area contributed by atoms with Gasteiger partial charge < -0.3 is 31.0 Å². The third-order valence-corrected chi connectivity index (χ3v) is 6.55. The lowest BCUT2D eigenvalue weighted by molar-refractivity contribution is -0.123. The lowest BCUT2D eigenvalue weighted by Gasteiger charge is -2.34. The van der Waals surface area contributed by atoms with Crippen LogP contribution in [-0.2, 0) is 4.79 Å². The molecule has 0 aliphatic carbocycles. The van der Waals surface area contributed by atoms with E-state index in [0.717, 1.165) is 17.1 Å². The summed E-state index contributed by atoms with van der Waals surface area (Å²) in [5.41, 5.74) is 12.2. The van der Waals surface area contributed by atoms with Gasteiger partial charge in [-0.15, -0.1) is 0 Å². The van der Waals surface area contributed by atoms with Crippen LogP contribution in [-0.4, -0.2) is 49.0 Å². The quantitative estimate of drug-likeness (QED) is 0.362. The number of anilines is 2. The van der Waals surface area contributed by atoms with Crippen LogP contribution in [0, 0.1) is 6.92 Å². The topological polar surface area (TPSA) is 159 Å². The smallest absolute Gasteiger partial charge is 0.273 e. The first-order valence-electron chi connectivity index (χ1n) is 11.9. The van der Waals surface area contributed by atoms with E-state index in [1.807, 2.05) is 39.8 Å². The molecule has 1 atom stereocenters. The highest BCUT2D eigenvalue weighted by Gasteiger charge is 2.38. The Balaban J connectivity index is 2.34. The molecule has 0 bridgehead atoms. The van der Waals surface area contributed by atoms with Crippen LogP contribution >= 0.6 is 11.5 Å². The second-order valence-electron chi connectivity index (χ2n) is 9.75. The molecule has 1 aromatic heterocycles. The van der Waals surface area contributed by atoms with Gasteiger partial charge in [-0.1, -0.05) is 17.7 Å². The molecule has 12 heteroatoms. The number of nitrogens with one attached hydrogen (secondary N) is 1. The number of hydrogen-bond donors (Lipinski definition) is 3. The highest BCUT2D eigenvalue weighted by molar-refractivity contribution is 7.09. The number of methoxy groups -OCH3 is 3. The number of aryl methyl sites for hydroxylation is 1. The summed E-state index contributed by atoms with van der Waals surface area (Å²) in [6, 6.07) is 9.04. The first-order chi connectivity index (χ1) is 18.3. The third-order valence-electron chi connectivity index (χ3n) is 5.69. The standard InChI is InChI=1S/C27H33N5O6S/c1-14-8-10-16(11-9-14)32(26(35)23-19(28)20(24(29)33)31-39-23)21(25(34)30-27(2,3)4)15-12-17(36-5)22(38-7)18(13-15)37-6/h8-13,21H,28H2,1-7H3,(H2,29,33)(H,30,34)/t21-/m1/s1. The summed E-state index contributed by atoms with van der Waals surface area (Å²) in [6.07, 6.45) is 0. The van der Waals surface area contributed by atoms with Gasteiger partial charge in [0.15, 0.2) is 17.2 Å². The number of nitrogens with two attached hydrogens (primary N) is 2. The number of hydrogen-bond acceptors (Lipinski definition) is 9. The minimum absolute atomic E-state index is 0.0367. The summed E-state index contributed by atoms with van der Waals surface area (Å²) in [7, 11) is 4.38. The molecule has 3 amide bonds. The van der Waals surface area contributed by atoms with Crippen molar-refractivity contribution in [2.24, 2.45) is 5.73 Å². The molecule has 0 spiro atoms. The minimum Gasteiger partial charge on any atom is -0.493 e. The van der Waals surface area contributed by atoms with Crippen LogP contribution in [0.5, 0.6) is 17.2 Å². The van der Waals surface area contributed by atoms with Crippen molar-refractivity contribution < 1.29 is 28.6 Å². The van der Waals surface area contributed by atoms with Crippen molar-refractivity contribution in [2.75, 3.05) is 32.0 Å². The number of carbonyl (C=O) groups excluding carboxylic acids is 3. The largest absolute Gasteiger partial charge is 0.493 e. The van der Waals surface area contributed by atoms with Crippen LogP contribution in [0.4, 0.5) is 11.4 Å². The maximum Gasteiger partial charge on any atom is 0.273 e. The number of carbonyl (C=O) groups is 3. The van der Waals surface area contributed by atoms with E-state index in [4.69, 9.17) is 25.7 Å². The second-order valence-corrected chi connectivity index (χ2v) is 10.5. The molecule has 0 radical (unpaired) electrons. The molecule has 2 aromatic carbocycles. The van der Waals surface area contributed by atoms with Gasteiger partial charge in [-0.2, -0.15) is 4.37 Å². The number of aromatic nitrogens is 1. The highest BCUT2D eigenvalue weighted by atomic mass is 32.1. The van der Waals surface area contributed by atoms with Crippen molar-refractivity contribution >= 4 is 40.6 Å². The van der Waals surface area contributed by atoms with Crippen molar-refractivity contribution in [3.63, 3.8) is 0 Å². The maximum atomic E-state index is 14.2. The van der Waals surface area contributed by atoms with Crippen LogP contribution in [0.25, 0.3) is 0 Å². The number of nitrogen functional groups attached to an aromatic ring is 1. The van der Waals surface area contributed by atoms with Crippen molar-refractivity contribution in [3.8, 4) is 17.2 Å². The summed E-state index contributed by atoms with van der Waals surface area (Å²) >= 11 is 0.729. The average molecular weight is 556 g/mol. The van der Waals surface area contributed by atoms with Crippen molar-refractivity contribution in [3.05, 3.63) is 58.1 Å². The van der Waals surface area contributed by atoms with E-state index in [1.54, 1.807) is 24.3 Å². The van der Waals surface area contributed by atoms with Crippen LogP contribution in [0.15, 0.2) is 36.4 Å². The summed E-state index contributed by atoms with van der Waals surface area (Å²) < 4.78 is 20.5. The van der Waals surface area contributed by atoms with Crippen LogP contribution in [0.3, 0.4) is 0 Å². The van der Waals surface area contributed by atoms with E-state index in [-0.39, 0.29) is 16.3 Å². The van der Waals surface area contributed by atoms with Crippen molar-refractivity contribution in [1.29, 1.82) is 0 Å². The van der Waals surface area contributed by atoms with E-state index in [0.29, 0.717) is 28.5 Å². The fourth-order valence-corrected chi connectivity index (χ4v) is 4.68. The number of ether oxygens (including phenoxy) is 3. The van der Waals surface area contributed by atoms with Crippen LogP contribution in [0.2, 0.25) is 0 Å². The predicted molar refractivity (Wildman–Crippen MR) is 150 cm³/mol. The first kappa shape index (κ1) is 29.2. The Morgan fingerprint density at radius 2 is 1.56 bits per heavy atom. The summed E-state index contributed by atoms with van der Waals surface area (Å²) in [5.74, 6) is -1.08. The zero-order valence-electron chi connectivity index (χ0n) is 22.9. The SMILES string of the molecule is COc1cc([C@H](C(=O)NC(C)(C)C)N(C(=O)c2snc(C(N)=O)c2N)c2ccc(C)cc2)cc(OC)c1OC. The molecule has 11 nitrogen and oxygen atoms in total. The van der Waals surface area contributed by atoms with Crippen molar-refractivity contribution in [2.45, 2.75) is 39.3 Å². The molecule has 3 aromatic rings. The van der Waals surface area contributed by atoms with Gasteiger partial charge in [0.1, 0.15) is 10.9 Å².